The number of piperazine rings is 1. The summed E-state index contributed by atoms with van der Waals surface area (Å²) in [7, 11) is 0. The SMILES string of the molecule is O=[N+]([O-])c1ccc(CN=C(NCC2CCCCO2)N2CCN(c3ccccn3)CC2)cc1. The van der Waals surface area contributed by atoms with E-state index in [1.807, 2.05) is 24.4 Å². The first-order valence-corrected chi connectivity index (χ1v) is 11.2. The van der Waals surface area contributed by atoms with E-state index in [9.17, 15) is 10.1 Å². The maximum atomic E-state index is 10.9. The molecular weight excluding hydrogens is 408 g/mol. The van der Waals surface area contributed by atoms with E-state index in [0.29, 0.717) is 6.54 Å². The number of hydrogen-bond acceptors (Lipinski definition) is 6. The van der Waals surface area contributed by atoms with Crippen LogP contribution in [0.2, 0.25) is 0 Å². The number of pyridine rings is 1. The van der Waals surface area contributed by atoms with Gasteiger partial charge in [0.1, 0.15) is 5.82 Å². The molecule has 1 aromatic carbocycles. The van der Waals surface area contributed by atoms with E-state index in [2.05, 4.69) is 20.1 Å². The zero-order valence-corrected chi connectivity index (χ0v) is 18.2. The summed E-state index contributed by atoms with van der Waals surface area (Å²) in [5.74, 6) is 1.86. The molecule has 2 fully saturated rings. The molecule has 32 heavy (non-hydrogen) atoms. The van der Waals surface area contributed by atoms with Gasteiger partial charge in [0.25, 0.3) is 5.69 Å². The normalized spacial score (nSPS) is 19.6. The summed E-state index contributed by atoms with van der Waals surface area (Å²) in [6, 6.07) is 12.6. The molecule has 2 aromatic rings. The van der Waals surface area contributed by atoms with Gasteiger partial charge >= 0.3 is 0 Å². The highest BCUT2D eigenvalue weighted by Crippen LogP contribution is 2.16. The van der Waals surface area contributed by atoms with Gasteiger partial charge in [-0.05, 0) is 37.0 Å². The van der Waals surface area contributed by atoms with Crippen molar-refractivity contribution in [1.29, 1.82) is 0 Å². The number of nitro groups is 1. The Morgan fingerprint density at radius 3 is 2.62 bits per heavy atom. The van der Waals surface area contributed by atoms with Gasteiger partial charge in [-0.2, -0.15) is 0 Å². The summed E-state index contributed by atoms with van der Waals surface area (Å²) in [6.07, 6.45) is 5.43. The lowest BCUT2D eigenvalue weighted by atomic mass is 10.1. The molecule has 2 aliphatic rings. The van der Waals surface area contributed by atoms with Crippen LogP contribution in [-0.2, 0) is 11.3 Å². The maximum Gasteiger partial charge on any atom is 0.269 e. The molecule has 9 nitrogen and oxygen atoms in total. The molecule has 2 aliphatic heterocycles. The van der Waals surface area contributed by atoms with E-state index in [4.69, 9.17) is 9.73 Å². The van der Waals surface area contributed by atoms with E-state index >= 15 is 0 Å². The first-order chi connectivity index (χ1) is 15.7. The molecule has 0 radical (unpaired) electrons. The first kappa shape index (κ1) is 22.0. The molecule has 170 valence electrons. The van der Waals surface area contributed by atoms with Crippen LogP contribution in [0.1, 0.15) is 24.8 Å². The van der Waals surface area contributed by atoms with Gasteiger partial charge < -0.3 is 19.9 Å². The molecule has 2 saturated heterocycles. The Bertz CT molecular complexity index is 892. The van der Waals surface area contributed by atoms with Gasteiger partial charge in [0.2, 0.25) is 0 Å². The Hall–Kier alpha value is -3.20. The van der Waals surface area contributed by atoms with Crippen LogP contribution in [0.25, 0.3) is 0 Å². The Morgan fingerprint density at radius 1 is 1.16 bits per heavy atom. The number of aliphatic imine (C=N–C) groups is 1. The molecule has 1 atom stereocenters. The van der Waals surface area contributed by atoms with Crippen LogP contribution < -0.4 is 10.2 Å². The second-order valence-electron chi connectivity index (χ2n) is 8.09. The van der Waals surface area contributed by atoms with Gasteiger partial charge in [0.05, 0.1) is 17.6 Å². The number of nitro benzene ring substituents is 1. The molecule has 1 aromatic heterocycles. The zero-order valence-electron chi connectivity index (χ0n) is 18.2. The van der Waals surface area contributed by atoms with Gasteiger partial charge in [-0.3, -0.25) is 10.1 Å². The number of benzene rings is 1. The van der Waals surface area contributed by atoms with Crippen molar-refractivity contribution in [1.82, 2.24) is 15.2 Å². The van der Waals surface area contributed by atoms with Crippen molar-refractivity contribution in [3.63, 3.8) is 0 Å². The largest absolute Gasteiger partial charge is 0.376 e. The number of ether oxygens (including phenoxy) is 1. The third-order valence-electron chi connectivity index (χ3n) is 5.87. The number of nitrogens with zero attached hydrogens (tertiary/aromatic N) is 5. The average Bonchev–Trinajstić information content (AvgIpc) is 2.86. The predicted molar refractivity (Wildman–Crippen MR) is 124 cm³/mol. The number of rotatable bonds is 6. The number of non-ortho nitro benzene ring substituents is 1. The summed E-state index contributed by atoms with van der Waals surface area (Å²) in [5, 5.41) is 14.4. The topological polar surface area (TPSA) is 96.1 Å². The maximum absolute atomic E-state index is 10.9. The monoisotopic (exact) mass is 438 g/mol. The van der Waals surface area contributed by atoms with Crippen LogP contribution in [0.15, 0.2) is 53.7 Å². The van der Waals surface area contributed by atoms with Gasteiger partial charge in [-0.15, -0.1) is 0 Å². The summed E-state index contributed by atoms with van der Waals surface area (Å²) < 4.78 is 5.87. The molecule has 9 heteroatoms. The summed E-state index contributed by atoms with van der Waals surface area (Å²) in [5.41, 5.74) is 1.03. The fourth-order valence-corrected chi connectivity index (χ4v) is 4.02. The second kappa shape index (κ2) is 10.9. The zero-order chi connectivity index (χ0) is 22.2. The van der Waals surface area contributed by atoms with Crippen LogP contribution in [0, 0.1) is 10.1 Å². The van der Waals surface area contributed by atoms with Crippen LogP contribution >= 0.6 is 0 Å². The minimum Gasteiger partial charge on any atom is -0.376 e. The molecule has 0 saturated carbocycles. The number of nitrogens with one attached hydrogen (secondary N) is 1. The van der Waals surface area contributed by atoms with Gasteiger partial charge in [0.15, 0.2) is 5.96 Å². The van der Waals surface area contributed by atoms with Crippen LogP contribution in [0.3, 0.4) is 0 Å². The number of hydrogen-bond donors (Lipinski definition) is 1. The summed E-state index contributed by atoms with van der Waals surface area (Å²) in [6.45, 7) is 5.45. The fourth-order valence-electron chi connectivity index (χ4n) is 4.02. The molecule has 4 rings (SSSR count). The lowest BCUT2D eigenvalue weighted by molar-refractivity contribution is -0.384. The summed E-state index contributed by atoms with van der Waals surface area (Å²) >= 11 is 0. The first-order valence-electron chi connectivity index (χ1n) is 11.2. The van der Waals surface area contributed by atoms with Crippen molar-refractivity contribution in [2.75, 3.05) is 44.2 Å². The van der Waals surface area contributed by atoms with Gasteiger partial charge in [0, 0.05) is 57.7 Å². The predicted octanol–water partition coefficient (Wildman–Crippen LogP) is 2.83. The van der Waals surface area contributed by atoms with Gasteiger partial charge in [-0.1, -0.05) is 18.2 Å². The molecule has 0 spiro atoms. The van der Waals surface area contributed by atoms with Gasteiger partial charge in [-0.25, -0.2) is 9.98 Å². The highest BCUT2D eigenvalue weighted by Gasteiger charge is 2.22. The molecule has 1 unspecified atom stereocenters. The minimum atomic E-state index is -0.384. The van der Waals surface area contributed by atoms with Crippen molar-refractivity contribution in [2.45, 2.75) is 31.9 Å². The second-order valence-corrected chi connectivity index (χ2v) is 8.09. The Labute approximate surface area is 188 Å². The van der Waals surface area contributed by atoms with Crippen molar-refractivity contribution in [3.8, 4) is 0 Å². The molecular formula is C23H30N6O3. The smallest absolute Gasteiger partial charge is 0.269 e. The standard InChI is InChI=1S/C23H30N6O3/c30-29(31)20-9-7-19(8-10-20)17-25-23(26-18-21-5-2-4-16-32-21)28-14-12-27(13-15-28)22-6-1-3-11-24-22/h1,3,6-11,21H,2,4-5,12-18H2,(H,25,26). The van der Waals surface area contributed by atoms with Crippen molar-refractivity contribution >= 4 is 17.5 Å². The van der Waals surface area contributed by atoms with Crippen LogP contribution in [0.4, 0.5) is 11.5 Å². The highest BCUT2D eigenvalue weighted by atomic mass is 16.6. The van der Waals surface area contributed by atoms with Crippen molar-refractivity contribution in [3.05, 3.63) is 64.3 Å². The van der Waals surface area contributed by atoms with E-state index in [-0.39, 0.29) is 16.7 Å². The van der Waals surface area contributed by atoms with Crippen molar-refractivity contribution < 1.29 is 9.66 Å². The molecule has 1 N–H and O–H groups in total. The average molecular weight is 439 g/mol. The third-order valence-corrected chi connectivity index (χ3v) is 5.87. The number of aromatic nitrogens is 1. The van der Waals surface area contributed by atoms with E-state index in [1.165, 1.54) is 18.6 Å². The van der Waals surface area contributed by atoms with E-state index < -0.39 is 0 Å². The Kier molecular flexibility index (Phi) is 7.50. The van der Waals surface area contributed by atoms with Crippen LogP contribution in [-0.4, -0.2) is 66.2 Å². The minimum absolute atomic E-state index is 0.0937. The summed E-state index contributed by atoms with van der Waals surface area (Å²) in [4.78, 5) is 24.4. The van der Waals surface area contributed by atoms with E-state index in [1.54, 1.807) is 12.1 Å². The van der Waals surface area contributed by atoms with Crippen molar-refractivity contribution in [2.24, 2.45) is 4.99 Å². The molecule has 3 heterocycles. The van der Waals surface area contributed by atoms with E-state index in [0.717, 1.165) is 69.5 Å². The quantitative estimate of drug-likeness (QED) is 0.321. The molecule has 0 aliphatic carbocycles. The highest BCUT2D eigenvalue weighted by molar-refractivity contribution is 5.80. The number of guanidine groups is 1. The number of anilines is 1. The Balaban J connectivity index is 1.41. The molecule has 0 bridgehead atoms. The lowest BCUT2D eigenvalue weighted by Crippen LogP contribution is -2.53. The molecule has 0 amide bonds. The third kappa shape index (κ3) is 5.94. The van der Waals surface area contributed by atoms with Crippen LogP contribution in [0.5, 0.6) is 0 Å². The lowest BCUT2D eigenvalue weighted by Gasteiger charge is -2.37. The Morgan fingerprint density at radius 2 is 1.97 bits per heavy atom. The fraction of sp³-hybridized carbons (Fsp3) is 0.478.